The molecular formula is C28H25N3O5. The average Bonchev–Trinajstić information content (AvgIpc) is 3.51. The van der Waals surface area contributed by atoms with Crippen molar-refractivity contribution in [2.45, 2.75) is 25.8 Å². The number of hydrogen-bond donors (Lipinski definition) is 0. The fourth-order valence-corrected chi connectivity index (χ4v) is 4.31. The van der Waals surface area contributed by atoms with Crippen molar-refractivity contribution in [3.05, 3.63) is 95.3 Å². The number of methoxy groups -OCH3 is 1. The normalized spacial score (nSPS) is 15.2. The lowest BCUT2D eigenvalue weighted by Crippen LogP contribution is -2.24. The summed E-state index contributed by atoms with van der Waals surface area (Å²) < 4.78 is 16.3. The molecule has 0 bridgehead atoms. The number of esters is 1. The van der Waals surface area contributed by atoms with E-state index in [2.05, 4.69) is 22.3 Å². The third-order valence-corrected chi connectivity index (χ3v) is 6.19. The predicted octanol–water partition coefficient (Wildman–Crippen LogP) is 5.14. The Balaban J connectivity index is 1.38. The first-order valence-electron chi connectivity index (χ1n) is 11.6. The summed E-state index contributed by atoms with van der Waals surface area (Å²) in [6.07, 6.45) is 0.469. The van der Waals surface area contributed by atoms with Crippen LogP contribution >= 0.6 is 0 Å². The topological polar surface area (TPSA) is 94.8 Å². The van der Waals surface area contributed by atoms with Crippen molar-refractivity contribution < 1.29 is 23.6 Å². The van der Waals surface area contributed by atoms with Gasteiger partial charge in [0, 0.05) is 36.6 Å². The molecule has 1 fully saturated rings. The van der Waals surface area contributed by atoms with Gasteiger partial charge in [-0.25, -0.2) is 4.79 Å². The number of aryl methyl sites for hydroxylation is 1. The number of aromatic nitrogens is 2. The lowest BCUT2D eigenvalue weighted by atomic mass is 9.98. The van der Waals surface area contributed by atoms with Gasteiger partial charge in [0.15, 0.2) is 5.82 Å². The highest BCUT2D eigenvalue weighted by atomic mass is 16.5. The van der Waals surface area contributed by atoms with Gasteiger partial charge in [0.2, 0.25) is 5.91 Å². The van der Waals surface area contributed by atoms with E-state index in [9.17, 15) is 9.59 Å². The molecule has 0 saturated carbocycles. The molecular weight excluding hydrogens is 458 g/mol. The van der Waals surface area contributed by atoms with Crippen LogP contribution in [0, 0.1) is 6.92 Å². The number of likely N-dealkylation sites (tertiary alicyclic amines) is 1. The van der Waals surface area contributed by atoms with E-state index >= 15 is 0 Å². The highest BCUT2D eigenvalue weighted by Crippen LogP contribution is 2.33. The summed E-state index contributed by atoms with van der Waals surface area (Å²) in [5.41, 5.74) is 3.08. The molecule has 0 aliphatic carbocycles. The fourth-order valence-electron chi connectivity index (χ4n) is 4.31. The maximum Gasteiger partial charge on any atom is 0.337 e. The van der Waals surface area contributed by atoms with Gasteiger partial charge in [-0.15, -0.1) is 0 Å². The number of rotatable bonds is 7. The molecule has 36 heavy (non-hydrogen) atoms. The molecule has 182 valence electrons. The lowest BCUT2D eigenvalue weighted by molar-refractivity contribution is -0.128. The van der Waals surface area contributed by atoms with E-state index in [0.717, 1.165) is 16.7 Å². The Morgan fingerprint density at radius 2 is 1.86 bits per heavy atom. The molecule has 1 aliphatic heterocycles. The number of carbonyl (C=O) groups is 2. The third kappa shape index (κ3) is 4.98. The van der Waals surface area contributed by atoms with E-state index in [4.69, 9.17) is 14.0 Å². The minimum Gasteiger partial charge on any atom is -0.465 e. The van der Waals surface area contributed by atoms with Crippen LogP contribution in [0.1, 0.15) is 39.6 Å². The summed E-state index contributed by atoms with van der Waals surface area (Å²) in [6.45, 7) is 2.76. The Morgan fingerprint density at radius 1 is 1.08 bits per heavy atom. The zero-order valence-electron chi connectivity index (χ0n) is 20.0. The van der Waals surface area contributed by atoms with Gasteiger partial charge in [-0.1, -0.05) is 41.6 Å². The van der Waals surface area contributed by atoms with Crippen molar-refractivity contribution in [2.75, 3.05) is 13.7 Å². The molecule has 1 saturated heterocycles. The number of hydrogen-bond acceptors (Lipinski definition) is 7. The van der Waals surface area contributed by atoms with Crippen LogP contribution in [0.3, 0.4) is 0 Å². The Bertz CT molecular complexity index is 1380. The zero-order valence-corrected chi connectivity index (χ0v) is 20.0. The molecule has 8 nitrogen and oxygen atoms in total. The Labute approximate surface area is 208 Å². The standard InChI is InChI=1S/C28H25N3O5/c1-18-29-27(36-30-18)20-10-12-24(13-11-20)35-25-14-21(28(33)34-2)8-9-22(25)16-31-17-23(15-26(31)32)19-6-4-3-5-7-19/h3-14,23H,15-17H2,1-2H3/t23-/m1/s1. The molecule has 0 unspecified atom stereocenters. The second-order valence-corrected chi connectivity index (χ2v) is 8.67. The van der Waals surface area contributed by atoms with Gasteiger partial charge < -0.3 is 18.9 Å². The van der Waals surface area contributed by atoms with Gasteiger partial charge in [0.1, 0.15) is 11.5 Å². The Morgan fingerprint density at radius 3 is 2.56 bits per heavy atom. The zero-order chi connectivity index (χ0) is 25.1. The first-order valence-corrected chi connectivity index (χ1v) is 11.6. The Kier molecular flexibility index (Phi) is 6.49. The maximum absolute atomic E-state index is 12.8. The first kappa shape index (κ1) is 23.3. The second-order valence-electron chi connectivity index (χ2n) is 8.67. The minimum atomic E-state index is -0.463. The van der Waals surface area contributed by atoms with E-state index in [1.807, 2.05) is 35.2 Å². The van der Waals surface area contributed by atoms with Crippen LogP contribution in [-0.2, 0) is 16.1 Å². The predicted molar refractivity (Wildman–Crippen MR) is 132 cm³/mol. The molecule has 0 spiro atoms. The molecule has 0 N–H and O–H groups in total. The van der Waals surface area contributed by atoms with Crippen LogP contribution in [0.15, 0.2) is 77.3 Å². The van der Waals surface area contributed by atoms with Gasteiger partial charge in [-0.2, -0.15) is 4.98 Å². The molecule has 3 aromatic carbocycles. The molecule has 8 heteroatoms. The minimum absolute atomic E-state index is 0.0889. The van der Waals surface area contributed by atoms with Gasteiger partial charge in [0.05, 0.1) is 12.7 Å². The molecule has 2 heterocycles. The van der Waals surface area contributed by atoms with E-state index in [-0.39, 0.29) is 11.8 Å². The van der Waals surface area contributed by atoms with Crippen LogP contribution in [0.4, 0.5) is 0 Å². The van der Waals surface area contributed by atoms with E-state index in [0.29, 0.717) is 48.3 Å². The molecule has 1 amide bonds. The summed E-state index contributed by atoms with van der Waals surface area (Å²) in [5.74, 6) is 1.80. The summed E-state index contributed by atoms with van der Waals surface area (Å²) in [4.78, 5) is 31.0. The van der Waals surface area contributed by atoms with Crippen molar-refractivity contribution in [1.29, 1.82) is 0 Å². The molecule has 1 aliphatic rings. The van der Waals surface area contributed by atoms with Crippen molar-refractivity contribution in [1.82, 2.24) is 15.0 Å². The molecule has 0 radical (unpaired) electrons. The van der Waals surface area contributed by atoms with Gasteiger partial charge >= 0.3 is 5.97 Å². The van der Waals surface area contributed by atoms with Crippen LogP contribution in [0.25, 0.3) is 11.5 Å². The summed E-state index contributed by atoms with van der Waals surface area (Å²) >= 11 is 0. The molecule has 1 atom stereocenters. The summed E-state index contributed by atoms with van der Waals surface area (Å²) in [6, 6.07) is 22.4. The Hall–Kier alpha value is -4.46. The maximum atomic E-state index is 12.8. The number of nitrogens with zero attached hydrogens (tertiary/aromatic N) is 3. The average molecular weight is 484 g/mol. The van der Waals surface area contributed by atoms with Crippen LogP contribution in [0.2, 0.25) is 0 Å². The van der Waals surface area contributed by atoms with Crippen LogP contribution < -0.4 is 4.74 Å². The molecule has 1 aromatic heterocycles. The van der Waals surface area contributed by atoms with E-state index < -0.39 is 5.97 Å². The fraction of sp³-hybridized carbons (Fsp3) is 0.214. The highest BCUT2D eigenvalue weighted by molar-refractivity contribution is 5.90. The third-order valence-electron chi connectivity index (χ3n) is 6.19. The SMILES string of the molecule is COC(=O)c1ccc(CN2C[C@H](c3ccccc3)CC2=O)c(Oc2ccc(-c3nc(C)no3)cc2)c1. The number of carbonyl (C=O) groups excluding carboxylic acids is 2. The lowest BCUT2D eigenvalue weighted by Gasteiger charge is -2.20. The van der Waals surface area contributed by atoms with Crippen molar-refractivity contribution >= 4 is 11.9 Å². The second kappa shape index (κ2) is 10.0. The quantitative estimate of drug-likeness (QED) is 0.336. The van der Waals surface area contributed by atoms with E-state index in [1.165, 1.54) is 7.11 Å². The highest BCUT2D eigenvalue weighted by Gasteiger charge is 2.31. The van der Waals surface area contributed by atoms with Gasteiger partial charge in [-0.05, 0) is 48.9 Å². The monoisotopic (exact) mass is 483 g/mol. The van der Waals surface area contributed by atoms with E-state index in [1.54, 1.807) is 37.3 Å². The summed E-state index contributed by atoms with van der Waals surface area (Å²) in [7, 11) is 1.33. The van der Waals surface area contributed by atoms with Crippen molar-refractivity contribution in [2.24, 2.45) is 0 Å². The first-order chi connectivity index (χ1) is 17.5. The number of amides is 1. The summed E-state index contributed by atoms with van der Waals surface area (Å²) in [5, 5.41) is 3.82. The van der Waals surface area contributed by atoms with Crippen LogP contribution in [-0.4, -0.2) is 40.6 Å². The molecule has 4 aromatic rings. The molecule has 5 rings (SSSR count). The van der Waals surface area contributed by atoms with Crippen LogP contribution in [0.5, 0.6) is 11.5 Å². The van der Waals surface area contributed by atoms with Crippen molar-refractivity contribution in [3.8, 4) is 23.0 Å². The number of benzene rings is 3. The number of ether oxygens (including phenoxy) is 2. The largest absolute Gasteiger partial charge is 0.465 e. The van der Waals surface area contributed by atoms with Gasteiger partial charge in [0.25, 0.3) is 5.89 Å². The van der Waals surface area contributed by atoms with Gasteiger partial charge in [-0.3, -0.25) is 4.79 Å². The smallest absolute Gasteiger partial charge is 0.337 e. The van der Waals surface area contributed by atoms with Crippen molar-refractivity contribution in [3.63, 3.8) is 0 Å².